The van der Waals surface area contributed by atoms with E-state index in [1.54, 1.807) is 0 Å². The molecule has 0 radical (unpaired) electrons. The molecule has 1 saturated heterocycles. The minimum Gasteiger partial charge on any atom is -0.341 e. The standard InChI is InChI=1S/C13H27N3O/c1-2-13(17)16-10-6-9-15(11-12-16)8-5-3-4-7-14/h2-12,14H2,1H3. The third-order valence-corrected chi connectivity index (χ3v) is 3.42. The summed E-state index contributed by atoms with van der Waals surface area (Å²) in [5.41, 5.74) is 5.48. The molecular weight excluding hydrogens is 214 g/mol. The summed E-state index contributed by atoms with van der Waals surface area (Å²) in [7, 11) is 0. The molecule has 1 aliphatic rings. The van der Waals surface area contributed by atoms with Crippen molar-refractivity contribution in [3.8, 4) is 0 Å². The van der Waals surface area contributed by atoms with Crippen molar-refractivity contribution in [2.24, 2.45) is 5.73 Å². The Morgan fingerprint density at radius 2 is 1.94 bits per heavy atom. The zero-order valence-electron chi connectivity index (χ0n) is 11.2. The van der Waals surface area contributed by atoms with Gasteiger partial charge in [-0.25, -0.2) is 0 Å². The highest BCUT2D eigenvalue weighted by molar-refractivity contribution is 5.75. The first-order valence-corrected chi connectivity index (χ1v) is 6.98. The maximum absolute atomic E-state index is 11.6. The number of rotatable bonds is 6. The lowest BCUT2D eigenvalue weighted by atomic mass is 10.2. The highest BCUT2D eigenvalue weighted by Gasteiger charge is 2.17. The van der Waals surface area contributed by atoms with E-state index >= 15 is 0 Å². The molecule has 1 fully saturated rings. The van der Waals surface area contributed by atoms with Gasteiger partial charge in [-0.1, -0.05) is 13.3 Å². The quantitative estimate of drug-likeness (QED) is 0.707. The largest absolute Gasteiger partial charge is 0.341 e. The number of carbonyl (C=O) groups is 1. The van der Waals surface area contributed by atoms with Gasteiger partial charge >= 0.3 is 0 Å². The van der Waals surface area contributed by atoms with Crippen LogP contribution in [-0.2, 0) is 4.79 Å². The van der Waals surface area contributed by atoms with Gasteiger partial charge in [-0.15, -0.1) is 0 Å². The number of hydrogen-bond donors (Lipinski definition) is 1. The third kappa shape index (κ3) is 5.50. The van der Waals surface area contributed by atoms with Gasteiger partial charge in [0.05, 0.1) is 0 Å². The topological polar surface area (TPSA) is 49.6 Å². The molecule has 0 aromatic heterocycles. The first-order chi connectivity index (χ1) is 8.27. The predicted molar refractivity (Wildman–Crippen MR) is 70.8 cm³/mol. The molecule has 100 valence electrons. The number of hydrogen-bond acceptors (Lipinski definition) is 3. The van der Waals surface area contributed by atoms with E-state index in [4.69, 9.17) is 5.73 Å². The van der Waals surface area contributed by atoms with Gasteiger partial charge in [0, 0.05) is 26.1 Å². The van der Waals surface area contributed by atoms with Crippen LogP contribution < -0.4 is 5.73 Å². The molecule has 1 aliphatic heterocycles. The molecule has 0 aromatic rings. The van der Waals surface area contributed by atoms with Crippen molar-refractivity contribution in [1.29, 1.82) is 0 Å². The Kier molecular flexibility index (Phi) is 7.21. The SMILES string of the molecule is CCC(=O)N1CCCN(CCCCCN)CC1. The molecule has 0 atom stereocenters. The number of nitrogens with zero attached hydrogens (tertiary/aromatic N) is 2. The summed E-state index contributed by atoms with van der Waals surface area (Å²) in [6.45, 7) is 7.92. The zero-order valence-corrected chi connectivity index (χ0v) is 11.2. The fourth-order valence-electron chi connectivity index (χ4n) is 2.32. The normalized spacial score (nSPS) is 18.1. The maximum atomic E-state index is 11.6. The van der Waals surface area contributed by atoms with Gasteiger partial charge in [0.25, 0.3) is 0 Å². The molecule has 1 heterocycles. The summed E-state index contributed by atoms with van der Waals surface area (Å²) in [6, 6.07) is 0. The average Bonchev–Trinajstić information content (AvgIpc) is 2.59. The van der Waals surface area contributed by atoms with Crippen molar-refractivity contribution < 1.29 is 4.79 Å². The summed E-state index contributed by atoms with van der Waals surface area (Å²) in [4.78, 5) is 16.1. The summed E-state index contributed by atoms with van der Waals surface area (Å²) in [5, 5.41) is 0. The lowest BCUT2D eigenvalue weighted by molar-refractivity contribution is -0.130. The molecule has 0 aliphatic carbocycles. The molecule has 1 amide bonds. The Hall–Kier alpha value is -0.610. The zero-order chi connectivity index (χ0) is 12.5. The second-order valence-corrected chi connectivity index (χ2v) is 4.78. The van der Waals surface area contributed by atoms with Gasteiger partial charge in [0.15, 0.2) is 0 Å². The van der Waals surface area contributed by atoms with Crippen LogP contribution in [0.1, 0.15) is 39.0 Å². The Morgan fingerprint density at radius 1 is 1.12 bits per heavy atom. The van der Waals surface area contributed by atoms with Crippen LogP contribution in [0.15, 0.2) is 0 Å². The number of unbranched alkanes of at least 4 members (excludes halogenated alkanes) is 2. The lowest BCUT2D eigenvalue weighted by Crippen LogP contribution is -2.35. The van der Waals surface area contributed by atoms with Crippen molar-refractivity contribution in [2.45, 2.75) is 39.0 Å². The Bertz CT molecular complexity index is 221. The summed E-state index contributed by atoms with van der Waals surface area (Å²) < 4.78 is 0. The molecule has 1 rings (SSSR count). The molecule has 0 aromatic carbocycles. The smallest absolute Gasteiger partial charge is 0.222 e. The van der Waals surface area contributed by atoms with E-state index in [2.05, 4.69) is 4.90 Å². The summed E-state index contributed by atoms with van der Waals surface area (Å²) in [6.07, 6.45) is 5.34. The van der Waals surface area contributed by atoms with Crippen LogP contribution >= 0.6 is 0 Å². The Morgan fingerprint density at radius 3 is 2.65 bits per heavy atom. The van der Waals surface area contributed by atoms with Crippen LogP contribution in [0, 0.1) is 0 Å². The molecule has 4 nitrogen and oxygen atoms in total. The minimum absolute atomic E-state index is 0.301. The van der Waals surface area contributed by atoms with Crippen LogP contribution in [0.25, 0.3) is 0 Å². The van der Waals surface area contributed by atoms with Crippen LogP contribution in [-0.4, -0.2) is 55.0 Å². The Balaban J connectivity index is 2.20. The molecule has 0 saturated carbocycles. The van der Waals surface area contributed by atoms with Crippen molar-refractivity contribution in [3.05, 3.63) is 0 Å². The maximum Gasteiger partial charge on any atom is 0.222 e. The molecule has 2 N–H and O–H groups in total. The van der Waals surface area contributed by atoms with Crippen molar-refractivity contribution in [3.63, 3.8) is 0 Å². The van der Waals surface area contributed by atoms with E-state index in [9.17, 15) is 4.79 Å². The highest BCUT2D eigenvalue weighted by Crippen LogP contribution is 2.06. The third-order valence-electron chi connectivity index (χ3n) is 3.42. The lowest BCUT2D eigenvalue weighted by Gasteiger charge is -2.21. The molecule has 0 spiro atoms. The van der Waals surface area contributed by atoms with E-state index in [0.717, 1.165) is 52.1 Å². The average molecular weight is 241 g/mol. The Labute approximate surface area is 105 Å². The van der Waals surface area contributed by atoms with E-state index in [1.165, 1.54) is 12.8 Å². The van der Waals surface area contributed by atoms with Gasteiger partial charge in [-0.05, 0) is 38.9 Å². The van der Waals surface area contributed by atoms with E-state index < -0.39 is 0 Å². The van der Waals surface area contributed by atoms with Crippen molar-refractivity contribution >= 4 is 5.91 Å². The first-order valence-electron chi connectivity index (χ1n) is 6.98. The van der Waals surface area contributed by atoms with Gasteiger partial charge < -0.3 is 15.5 Å². The minimum atomic E-state index is 0.301. The van der Waals surface area contributed by atoms with Crippen LogP contribution in [0.5, 0.6) is 0 Å². The fraction of sp³-hybridized carbons (Fsp3) is 0.923. The van der Waals surface area contributed by atoms with Gasteiger partial charge in [0.1, 0.15) is 0 Å². The van der Waals surface area contributed by atoms with Gasteiger partial charge in [-0.2, -0.15) is 0 Å². The van der Waals surface area contributed by atoms with Crippen molar-refractivity contribution in [2.75, 3.05) is 39.3 Å². The predicted octanol–water partition coefficient (Wildman–Crippen LogP) is 1.06. The van der Waals surface area contributed by atoms with Crippen LogP contribution in [0.3, 0.4) is 0 Å². The van der Waals surface area contributed by atoms with Crippen LogP contribution in [0.4, 0.5) is 0 Å². The second kappa shape index (κ2) is 8.48. The molecule has 17 heavy (non-hydrogen) atoms. The second-order valence-electron chi connectivity index (χ2n) is 4.78. The number of carbonyl (C=O) groups excluding carboxylic acids is 1. The molecule has 4 heteroatoms. The summed E-state index contributed by atoms with van der Waals surface area (Å²) >= 11 is 0. The van der Waals surface area contributed by atoms with E-state index in [0.29, 0.717) is 12.3 Å². The summed E-state index contributed by atoms with van der Waals surface area (Å²) in [5.74, 6) is 0.301. The van der Waals surface area contributed by atoms with Gasteiger partial charge in [-0.3, -0.25) is 4.79 Å². The van der Waals surface area contributed by atoms with Crippen LogP contribution in [0.2, 0.25) is 0 Å². The monoisotopic (exact) mass is 241 g/mol. The van der Waals surface area contributed by atoms with E-state index in [1.807, 2.05) is 11.8 Å². The van der Waals surface area contributed by atoms with Gasteiger partial charge in [0.2, 0.25) is 5.91 Å². The molecular formula is C13H27N3O. The highest BCUT2D eigenvalue weighted by atomic mass is 16.2. The number of amides is 1. The number of nitrogens with two attached hydrogens (primary N) is 1. The first kappa shape index (κ1) is 14.5. The fourth-order valence-corrected chi connectivity index (χ4v) is 2.32. The van der Waals surface area contributed by atoms with E-state index in [-0.39, 0.29) is 0 Å². The molecule has 0 bridgehead atoms. The van der Waals surface area contributed by atoms with Crippen molar-refractivity contribution in [1.82, 2.24) is 9.80 Å². The molecule has 0 unspecified atom stereocenters.